The number of nitrogens with zero attached hydrogens (tertiary/aromatic N) is 6. The van der Waals surface area contributed by atoms with Gasteiger partial charge in [0.05, 0.1) is 46.1 Å². The predicted molar refractivity (Wildman–Crippen MR) is 516 cm³/mol. The van der Waals surface area contributed by atoms with Gasteiger partial charge in [-0.1, -0.05) is 154 Å². The first-order valence-corrected chi connectivity index (χ1v) is 46.6. The number of carbonyl (C=O) groups is 6. The fraction of sp³-hybridized carbons (Fsp3) is 0.284. The second-order valence-corrected chi connectivity index (χ2v) is 36.0. The first-order valence-electron chi connectivity index (χ1n) is 46.6. The molecule has 0 radical (unpaired) electrons. The summed E-state index contributed by atoms with van der Waals surface area (Å²) < 4.78 is 179. The molecule has 6 heterocycles. The molecule has 15 aromatic rings. The van der Waals surface area contributed by atoms with Gasteiger partial charge in [0.15, 0.2) is 17.5 Å². The standard InChI is InChI=1S/C37H35F3N4O4.2C36H32F4N4O4/c1-5-7-24-17-30-29(31(34(46)41-4)32(47-30)23-11-8-21(2)9-12-23)18-28(24)25-13-10-22(3)27(16-25)33(45)44-36(35-42-14-6-15-43-35)19-26(20-36)48-37(38,39)40;2*1-4-6-22-16-29-27(30(33(46)41-3)31(47-29)21-9-7-20(2)8-10-21)17-25(22)23-11-12-28(37)26(15-23)32(45)44-35(34-42-13-5-14-43-34)18-24(19-35)48-36(38,39)40/h6,8-18,26H,5,7,19-20H2,1-4H3,(H,41,46)(H,44,45);2*5,7-17,24H,4,6,18-19H2,1-3H3,(H,41,46)(H,44,45). The number of benzene rings is 9. The lowest BCUT2D eigenvalue weighted by atomic mass is 9.73. The van der Waals surface area contributed by atoms with Gasteiger partial charge in [-0.15, -0.1) is 39.5 Å². The van der Waals surface area contributed by atoms with E-state index in [0.29, 0.717) is 120 Å². The van der Waals surface area contributed by atoms with Crippen LogP contribution in [0.3, 0.4) is 0 Å². The molecule has 18 rings (SSSR count). The number of aromatic nitrogens is 6. The molecule has 0 unspecified atom stereocenters. The maximum Gasteiger partial charge on any atom is 0.522 e. The van der Waals surface area contributed by atoms with Crippen molar-refractivity contribution in [3.05, 3.63) is 321 Å². The van der Waals surface area contributed by atoms with Gasteiger partial charge in [0, 0.05) is 135 Å². The Bertz CT molecular complexity index is 6640. The number of furan rings is 3. The third-order valence-electron chi connectivity index (χ3n) is 25.8. The van der Waals surface area contributed by atoms with Crippen LogP contribution in [0.5, 0.6) is 0 Å². The zero-order valence-corrected chi connectivity index (χ0v) is 79.7. The maximum atomic E-state index is 15.3. The third-order valence-corrected chi connectivity index (χ3v) is 25.8. The average molecular weight is 1980 g/mol. The van der Waals surface area contributed by atoms with Crippen molar-refractivity contribution in [3.63, 3.8) is 0 Å². The Morgan fingerprint density at radius 2 is 0.590 bits per heavy atom. The molecule has 24 nitrogen and oxygen atoms in total. The molecule has 3 saturated carbocycles. The molecule has 0 atom stereocenters. The molecule has 3 fully saturated rings. The molecule has 6 aromatic heterocycles. The van der Waals surface area contributed by atoms with E-state index in [4.69, 9.17) is 13.3 Å². The highest BCUT2D eigenvalue weighted by atomic mass is 19.4. The first-order chi connectivity index (χ1) is 68.7. The fourth-order valence-corrected chi connectivity index (χ4v) is 18.8. The van der Waals surface area contributed by atoms with E-state index in [1.54, 1.807) is 38.2 Å². The zero-order valence-electron chi connectivity index (χ0n) is 79.7. The highest BCUT2D eigenvalue weighted by Crippen LogP contribution is 2.50. The molecule has 3 aliphatic carbocycles. The van der Waals surface area contributed by atoms with Crippen LogP contribution in [0.15, 0.2) is 232 Å². The Hall–Kier alpha value is -15.2. The summed E-state index contributed by atoms with van der Waals surface area (Å²) in [6, 6.07) is 52.6. The molecule has 9 aromatic carbocycles. The Morgan fingerprint density at radius 3 is 0.847 bits per heavy atom. The number of ether oxygens (including phenoxy) is 3. The summed E-state index contributed by atoms with van der Waals surface area (Å²) in [6.45, 7) is 13.8. The number of fused-ring (bicyclic) bond motifs is 3. The van der Waals surface area contributed by atoms with Crippen molar-refractivity contribution in [1.82, 2.24) is 61.8 Å². The monoisotopic (exact) mass is 1980 g/mol. The van der Waals surface area contributed by atoms with Gasteiger partial charge in [0.1, 0.15) is 62.3 Å². The topological polar surface area (TPSA) is 319 Å². The van der Waals surface area contributed by atoms with Crippen LogP contribution in [0, 0.1) is 39.3 Å². The summed E-state index contributed by atoms with van der Waals surface area (Å²) in [6.07, 6.45) is -6.48. The molecule has 0 aliphatic heterocycles. The van der Waals surface area contributed by atoms with Crippen LogP contribution in [0.25, 0.3) is 100 Å². The van der Waals surface area contributed by atoms with E-state index in [1.807, 2.05) is 156 Å². The third kappa shape index (κ3) is 21.9. The zero-order chi connectivity index (χ0) is 103. The highest BCUT2D eigenvalue weighted by Gasteiger charge is 2.56. The lowest BCUT2D eigenvalue weighted by molar-refractivity contribution is -0.357. The van der Waals surface area contributed by atoms with Gasteiger partial charge < -0.3 is 45.2 Å². The van der Waals surface area contributed by atoms with Crippen LogP contribution < -0.4 is 31.9 Å². The van der Waals surface area contributed by atoms with E-state index in [9.17, 15) is 68.3 Å². The molecular formula is C109H99F11N12O12. The molecule has 6 N–H and O–H groups in total. The quantitative estimate of drug-likeness (QED) is 0.0261. The van der Waals surface area contributed by atoms with Crippen molar-refractivity contribution in [3.8, 4) is 67.4 Å². The molecular weight excluding hydrogens is 1880 g/mol. The van der Waals surface area contributed by atoms with Gasteiger partial charge in [-0.05, 0) is 188 Å². The first kappa shape index (κ1) is 102. The molecule has 744 valence electrons. The number of amides is 6. The van der Waals surface area contributed by atoms with E-state index in [0.717, 1.165) is 80.5 Å². The number of nitrogens with one attached hydrogen (secondary N) is 6. The fourth-order valence-electron chi connectivity index (χ4n) is 18.8. The summed E-state index contributed by atoms with van der Waals surface area (Å²) in [5.41, 5.74) is 11.1. The Balaban J connectivity index is 0.000000155. The van der Waals surface area contributed by atoms with Crippen molar-refractivity contribution < 1.29 is 105 Å². The summed E-state index contributed by atoms with van der Waals surface area (Å²) in [4.78, 5) is 106. The minimum absolute atomic E-state index is 0.0960. The number of halogens is 11. The van der Waals surface area contributed by atoms with Crippen LogP contribution in [0.1, 0.15) is 197 Å². The maximum absolute atomic E-state index is 15.3. The van der Waals surface area contributed by atoms with E-state index < -0.39 is 83.4 Å². The molecule has 0 saturated heterocycles. The lowest BCUT2D eigenvalue weighted by Gasteiger charge is -2.46. The number of hydrogen-bond donors (Lipinski definition) is 6. The van der Waals surface area contributed by atoms with Crippen LogP contribution in [-0.4, -0.2) is 124 Å². The number of carbonyl (C=O) groups excluding carboxylic acids is 6. The minimum atomic E-state index is -4.86. The second kappa shape index (κ2) is 41.7. The number of alkyl halides is 9. The van der Waals surface area contributed by atoms with Gasteiger partial charge in [-0.2, -0.15) is 0 Å². The number of rotatable bonds is 27. The minimum Gasteiger partial charge on any atom is -0.455 e. The van der Waals surface area contributed by atoms with Crippen molar-refractivity contribution in [2.45, 2.75) is 180 Å². The summed E-state index contributed by atoms with van der Waals surface area (Å²) in [5.74, 6) is -3.10. The molecule has 6 amide bonds. The largest absolute Gasteiger partial charge is 0.522 e. The summed E-state index contributed by atoms with van der Waals surface area (Å²) in [7, 11) is 4.64. The van der Waals surface area contributed by atoms with E-state index in [2.05, 4.69) is 82.9 Å². The SMILES string of the molecule is CCCc1cc2oc(-c3ccc(C)cc3)c(C(=O)NC)c2cc1-c1ccc(C)c(C(=O)NC2(c3ncccn3)CC(OC(F)(F)F)C2)c1.CCCc1cc2oc(-c3ccc(C)cc3)c(C(=O)NC)c2cc1-c1ccc(F)c(C(=O)NC2(c3ncccn3)CC(OC(F)(F)F)C2)c1.CCCc1cc2oc(-c3ccc(C)cc3)c(C(=O)NC)c2cc1-c1ccc(F)c(C(=O)NC2(c3ncccn3)CC(OC(F)(F)F)C2)c1. The van der Waals surface area contributed by atoms with Crippen LogP contribution in [0.2, 0.25) is 0 Å². The van der Waals surface area contributed by atoms with E-state index in [-0.39, 0.29) is 84.8 Å². The molecule has 3 aliphatic rings. The van der Waals surface area contributed by atoms with Crippen molar-refractivity contribution in [2.24, 2.45) is 0 Å². The summed E-state index contributed by atoms with van der Waals surface area (Å²) >= 11 is 0. The normalized spacial score (nSPS) is 17.6. The van der Waals surface area contributed by atoms with Crippen LogP contribution >= 0.6 is 0 Å². The van der Waals surface area contributed by atoms with E-state index in [1.165, 1.54) is 87.7 Å². The van der Waals surface area contributed by atoms with Gasteiger partial charge in [-0.25, -0.2) is 38.7 Å². The van der Waals surface area contributed by atoms with Gasteiger partial charge >= 0.3 is 19.1 Å². The van der Waals surface area contributed by atoms with Crippen molar-refractivity contribution in [2.75, 3.05) is 21.1 Å². The van der Waals surface area contributed by atoms with Crippen LogP contribution in [-0.2, 0) is 50.1 Å². The predicted octanol–water partition coefficient (Wildman–Crippen LogP) is 23.1. The number of aryl methyl sites for hydroxylation is 7. The van der Waals surface area contributed by atoms with E-state index >= 15 is 8.78 Å². The van der Waals surface area contributed by atoms with Gasteiger partial charge in [0.2, 0.25) is 0 Å². The Labute approximate surface area is 819 Å². The molecule has 0 bridgehead atoms. The van der Waals surface area contributed by atoms with Gasteiger partial charge in [-0.3, -0.25) is 43.0 Å². The Morgan fingerprint density at radius 1 is 0.340 bits per heavy atom. The second-order valence-electron chi connectivity index (χ2n) is 36.0. The van der Waals surface area contributed by atoms with Crippen LogP contribution in [0.4, 0.5) is 48.3 Å². The molecule has 0 spiro atoms. The number of hydrogen-bond acceptors (Lipinski definition) is 18. The lowest BCUT2D eigenvalue weighted by Crippen LogP contribution is -2.59. The average Bonchev–Trinajstić information content (AvgIpc) is 1.63. The van der Waals surface area contributed by atoms with Crippen molar-refractivity contribution in [1.29, 1.82) is 0 Å². The smallest absolute Gasteiger partial charge is 0.455 e. The summed E-state index contributed by atoms with van der Waals surface area (Å²) in [5, 5.41) is 18.2. The molecule has 35 heteroatoms. The van der Waals surface area contributed by atoms with Gasteiger partial charge in [0.25, 0.3) is 35.4 Å². The molecule has 144 heavy (non-hydrogen) atoms. The van der Waals surface area contributed by atoms with Crippen molar-refractivity contribution >= 4 is 68.4 Å². The highest BCUT2D eigenvalue weighted by molar-refractivity contribution is 6.15. The Kier molecular flexibility index (Phi) is 29.5.